The van der Waals surface area contributed by atoms with Crippen molar-refractivity contribution in [3.63, 3.8) is 0 Å². The molecular formula is C17H31NO. The predicted octanol–water partition coefficient (Wildman–Crippen LogP) is 3.75. The molecule has 0 aromatic rings. The quantitative estimate of drug-likeness (QED) is 0.739. The first kappa shape index (κ1) is 13.9. The van der Waals surface area contributed by atoms with Crippen molar-refractivity contribution in [3.05, 3.63) is 0 Å². The Hall–Kier alpha value is -0.0800. The monoisotopic (exact) mass is 265 g/mol. The van der Waals surface area contributed by atoms with E-state index in [1.54, 1.807) is 7.11 Å². The van der Waals surface area contributed by atoms with Gasteiger partial charge in [-0.1, -0.05) is 13.8 Å². The normalized spacial score (nSPS) is 47.8. The first-order chi connectivity index (χ1) is 8.97. The van der Waals surface area contributed by atoms with Crippen LogP contribution in [0.2, 0.25) is 0 Å². The van der Waals surface area contributed by atoms with E-state index in [-0.39, 0.29) is 0 Å². The average Bonchev–Trinajstić information content (AvgIpc) is 2.23. The molecule has 4 aliphatic rings. The van der Waals surface area contributed by atoms with E-state index in [9.17, 15) is 0 Å². The van der Waals surface area contributed by atoms with Crippen molar-refractivity contribution in [2.45, 2.75) is 70.8 Å². The molecule has 2 heteroatoms. The molecule has 2 nitrogen and oxygen atoms in total. The van der Waals surface area contributed by atoms with Crippen LogP contribution in [-0.2, 0) is 4.74 Å². The average molecular weight is 265 g/mol. The van der Waals surface area contributed by atoms with E-state index in [0.29, 0.717) is 16.4 Å². The van der Waals surface area contributed by atoms with Crippen molar-refractivity contribution >= 4 is 0 Å². The van der Waals surface area contributed by atoms with Gasteiger partial charge in [-0.05, 0) is 74.7 Å². The number of unbranched alkanes of at least 4 members (excludes halogenated alkanes) is 1. The number of methoxy groups -OCH3 is 1. The van der Waals surface area contributed by atoms with Gasteiger partial charge in [0.1, 0.15) is 0 Å². The Bertz CT molecular complexity index is 322. The SMILES string of the molecule is COCCCCNC12CC3CC(C)(CC(C)(C3)C1)C2. The molecule has 0 radical (unpaired) electrons. The highest BCUT2D eigenvalue weighted by atomic mass is 16.5. The molecule has 4 bridgehead atoms. The summed E-state index contributed by atoms with van der Waals surface area (Å²) in [4.78, 5) is 0. The van der Waals surface area contributed by atoms with E-state index in [0.717, 1.165) is 12.5 Å². The van der Waals surface area contributed by atoms with Gasteiger partial charge in [-0.25, -0.2) is 0 Å². The molecule has 19 heavy (non-hydrogen) atoms. The Kier molecular flexibility index (Phi) is 3.46. The maximum atomic E-state index is 5.14. The molecule has 0 aromatic heterocycles. The third-order valence-corrected chi connectivity index (χ3v) is 5.90. The summed E-state index contributed by atoms with van der Waals surface area (Å²) in [5.74, 6) is 0.998. The lowest BCUT2D eigenvalue weighted by atomic mass is 9.43. The molecule has 4 rings (SSSR count). The standard InChI is InChI=1S/C17H31NO/c1-15-8-14-9-16(2,11-15)13-17(10-14,12-15)18-6-4-5-7-19-3/h14,18H,4-13H2,1-3H3. The Morgan fingerprint density at radius 1 is 1.00 bits per heavy atom. The van der Waals surface area contributed by atoms with Gasteiger partial charge in [0.2, 0.25) is 0 Å². The summed E-state index contributed by atoms with van der Waals surface area (Å²) in [6.45, 7) is 7.20. The van der Waals surface area contributed by atoms with Crippen LogP contribution < -0.4 is 5.32 Å². The zero-order valence-electron chi connectivity index (χ0n) is 13.1. The van der Waals surface area contributed by atoms with Crippen LogP contribution >= 0.6 is 0 Å². The molecule has 0 aromatic carbocycles. The van der Waals surface area contributed by atoms with Crippen LogP contribution in [0.25, 0.3) is 0 Å². The maximum absolute atomic E-state index is 5.14. The first-order valence-electron chi connectivity index (χ1n) is 8.21. The Balaban J connectivity index is 1.61. The molecule has 2 atom stereocenters. The van der Waals surface area contributed by atoms with Crippen molar-refractivity contribution in [1.29, 1.82) is 0 Å². The van der Waals surface area contributed by atoms with E-state index in [2.05, 4.69) is 19.2 Å². The van der Waals surface area contributed by atoms with E-state index >= 15 is 0 Å². The van der Waals surface area contributed by atoms with E-state index in [1.165, 1.54) is 57.9 Å². The number of nitrogens with one attached hydrogen (secondary N) is 1. The molecule has 4 fully saturated rings. The van der Waals surface area contributed by atoms with Crippen LogP contribution in [0, 0.1) is 16.7 Å². The second-order valence-corrected chi connectivity index (χ2v) is 8.54. The Labute approximate surface area is 118 Å². The molecule has 0 aliphatic heterocycles. The summed E-state index contributed by atoms with van der Waals surface area (Å²) in [5.41, 5.74) is 1.75. The fourth-order valence-electron chi connectivity index (χ4n) is 6.37. The molecule has 110 valence electrons. The third kappa shape index (κ3) is 2.71. The first-order valence-corrected chi connectivity index (χ1v) is 8.21. The van der Waals surface area contributed by atoms with E-state index in [1.807, 2.05) is 0 Å². The molecule has 4 aliphatic carbocycles. The Morgan fingerprint density at radius 3 is 2.26 bits per heavy atom. The maximum Gasteiger partial charge on any atom is 0.0462 e. The van der Waals surface area contributed by atoms with Gasteiger partial charge in [0.05, 0.1) is 0 Å². The van der Waals surface area contributed by atoms with Gasteiger partial charge in [0.15, 0.2) is 0 Å². The van der Waals surface area contributed by atoms with Crippen LogP contribution in [0.5, 0.6) is 0 Å². The highest BCUT2D eigenvalue weighted by Crippen LogP contribution is 2.66. The summed E-state index contributed by atoms with van der Waals surface area (Å²) in [7, 11) is 1.80. The lowest BCUT2D eigenvalue weighted by molar-refractivity contribution is -0.117. The molecule has 0 amide bonds. The zero-order chi connectivity index (χ0) is 13.6. The topological polar surface area (TPSA) is 21.3 Å². The van der Waals surface area contributed by atoms with Crippen LogP contribution in [0.1, 0.15) is 65.2 Å². The second-order valence-electron chi connectivity index (χ2n) is 8.54. The minimum absolute atomic E-state index is 0.482. The second kappa shape index (κ2) is 4.73. The number of ether oxygens (including phenoxy) is 1. The van der Waals surface area contributed by atoms with E-state index in [4.69, 9.17) is 4.74 Å². The minimum Gasteiger partial charge on any atom is -0.385 e. The van der Waals surface area contributed by atoms with Crippen molar-refractivity contribution in [1.82, 2.24) is 5.32 Å². The van der Waals surface area contributed by atoms with Crippen molar-refractivity contribution in [2.24, 2.45) is 16.7 Å². The molecular weight excluding hydrogens is 234 g/mol. The smallest absolute Gasteiger partial charge is 0.0462 e. The third-order valence-electron chi connectivity index (χ3n) is 5.90. The molecule has 4 saturated carbocycles. The van der Waals surface area contributed by atoms with Gasteiger partial charge in [0, 0.05) is 19.3 Å². The minimum atomic E-state index is 0.482. The lowest BCUT2D eigenvalue weighted by Crippen LogP contribution is -2.64. The van der Waals surface area contributed by atoms with Crippen molar-refractivity contribution in [3.8, 4) is 0 Å². The summed E-state index contributed by atoms with van der Waals surface area (Å²) < 4.78 is 5.14. The van der Waals surface area contributed by atoms with Gasteiger partial charge < -0.3 is 10.1 Å². The van der Waals surface area contributed by atoms with Gasteiger partial charge in [-0.3, -0.25) is 0 Å². The summed E-state index contributed by atoms with van der Waals surface area (Å²) in [6.07, 6.45) is 11.2. The number of hydrogen-bond acceptors (Lipinski definition) is 2. The fourth-order valence-corrected chi connectivity index (χ4v) is 6.37. The van der Waals surface area contributed by atoms with Crippen LogP contribution in [0.4, 0.5) is 0 Å². The van der Waals surface area contributed by atoms with Gasteiger partial charge in [-0.15, -0.1) is 0 Å². The molecule has 2 unspecified atom stereocenters. The van der Waals surface area contributed by atoms with Gasteiger partial charge >= 0.3 is 0 Å². The van der Waals surface area contributed by atoms with Crippen LogP contribution in [0.3, 0.4) is 0 Å². The fraction of sp³-hybridized carbons (Fsp3) is 1.00. The molecule has 0 saturated heterocycles. The highest BCUT2D eigenvalue weighted by molar-refractivity contribution is 5.14. The van der Waals surface area contributed by atoms with Crippen LogP contribution in [-0.4, -0.2) is 25.8 Å². The highest BCUT2D eigenvalue weighted by Gasteiger charge is 2.59. The summed E-state index contributed by atoms with van der Waals surface area (Å²) in [6, 6.07) is 0. The molecule has 0 heterocycles. The van der Waals surface area contributed by atoms with Gasteiger partial charge in [-0.2, -0.15) is 0 Å². The van der Waals surface area contributed by atoms with Crippen LogP contribution in [0.15, 0.2) is 0 Å². The molecule has 1 N–H and O–H groups in total. The van der Waals surface area contributed by atoms with Gasteiger partial charge in [0.25, 0.3) is 0 Å². The molecule has 0 spiro atoms. The lowest BCUT2D eigenvalue weighted by Gasteiger charge is -2.65. The summed E-state index contributed by atoms with van der Waals surface area (Å²) in [5, 5.41) is 3.98. The van der Waals surface area contributed by atoms with Crippen molar-refractivity contribution < 1.29 is 4.74 Å². The summed E-state index contributed by atoms with van der Waals surface area (Å²) >= 11 is 0. The predicted molar refractivity (Wildman–Crippen MR) is 79.2 cm³/mol. The van der Waals surface area contributed by atoms with E-state index < -0.39 is 0 Å². The largest absolute Gasteiger partial charge is 0.385 e. The number of hydrogen-bond donors (Lipinski definition) is 1. The number of rotatable bonds is 6. The zero-order valence-corrected chi connectivity index (χ0v) is 13.1. The Morgan fingerprint density at radius 2 is 1.68 bits per heavy atom. The van der Waals surface area contributed by atoms with Crippen molar-refractivity contribution in [2.75, 3.05) is 20.3 Å².